The molecule has 0 radical (unpaired) electrons. The first kappa shape index (κ1) is 21.6. The zero-order valence-corrected chi connectivity index (χ0v) is 17.5. The van der Waals surface area contributed by atoms with Gasteiger partial charge in [-0.25, -0.2) is 4.31 Å². The molecule has 8 nitrogen and oxygen atoms in total. The summed E-state index contributed by atoms with van der Waals surface area (Å²) in [5.74, 6) is -1.16. The van der Waals surface area contributed by atoms with E-state index in [1.807, 2.05) is 0 Å². The minimum Gasteiger partial charge on any atom is -0.396 e. The number of nitrogens with two attached hydrogens (primary N) is 1. The molecular weight excluding hydrogens is 466 g/mol. The molecule has 164 valence electrons. The highest BCUT2D eigenvalue weighted by Gasteiger charge is 2.35. The molecule has 0 saturated carbocycles. The van der Waals surface area contributed by atoms with E-state index >= 15 is 0 Å². The fourth-order valence-corrected chi connectivity index (χ4v) is 4.73. The smallest absolute Gasteiger partial charge is 0.396 e. The van der Waals surface area contributed by atoms with Crippen LogP contribution in [-0.2, 0) is 20.6 Å². The van der Waals surface area contributed by atoms with Crippen molar-refractivity contribution in [1.82, 2.24) is 0 Å². The molecule has 0 unspecified atom stereocenters. The summed E-state index contributed by atoms with van der Waals surface area (Å²) in [6, 6.07) is 11.4. The SMILES string of the molecule is Nc1c(N(c2ccc(S(=O)(=O)F)cc2)S(=O)(=O)F)ccc2c1C(=O)c1ccccc1C2=O. The number of halogens is 2. The Morgan fingerprint density at radius 3 is 1.81 bits per heavy atom. The van der Waals surface area contributed by atoms with Gasteiger partial charge in [-0.1, -0.05) is 28.2 Å². The fraction of sp³-hybridized carbons (Fsp3) is 0. The normalized spacial score (nSPS) is 13.4. The van der Waals surface area contributed by atoms with E-state index in [9.17, 15) is 34.2 Å². The van der Waals surface area contributed by atoms with E-state index < -0.39 is 54.2 Å². The van der Waals surface area contributed by atoms with Gasteiger partial charge in [-0.15, -0.1) is 3.89 Å². The van der Waals surface area contributed by atoms with Crippen molar-refractivity contribution in [2.45, 2.75) is 4.90 Å². The molecule has 1 aliphatic rings. The Kier molecular flexibility index (Phi) is 4.86. The van der Waals surface area contributed by atoms with Crippen LogP contribution >= 0.6 is 0 Å². The Hall–Kier alpha value is -3.64. The summed E-state index contributed by atoms with van der Waals surface area (Å²) in [5.41, 5.74) is 4.51. The first-order valence-corrected chi connectivity index (χ1v) is 11.5. The summed E-state index contributed by atoms with van der Waals surface area (Å²) in [4.78, 5) is 25.0. The molecule has 0 saturated heterocycles. The monoisotopic (exact) mass is 478 g/mol. The van der Waals surface area contributed by atoms with Crippen molar-refractivity contribution in [2.75, 3.05) is 10.0 Å². The molecule has 0 spiro atoms. The van der Waals surface area contributed by atoms with Crippen molar-refractivity contribution >= 4 is 49.3 Å². The van der Waals surface area contributed by atoms with E-state index in [4.69, 9.17) is 5.73 Å². The third kappa shape index (κ3) is 3.42. The highest BCUT2D eigenvalue weighted by atomic mass is 32.3. The van der Waals surface area contributed by atoms with Crippen molar-refractivity contribution in [2.24, 2.45) is 0 Å². The van der Waals surface area contributed by atoms with Gasteiger partial charge in [0.25, 0.3) is 0 Å². The molecule has 32 heavy (non-hydrogen) atoms. The average molecular weight is 478 g/mol. The Morgan fingerprint density at radius 2 is 1.28 bits per heavy atom. The van der Waals surface area contributed by atoms with Gasteiger partial charge in [0.05, 0.1) is 27.5 Å². The second kappa shape index (κ2) is 7.21. The van der Waals surface area contributed by atoms with E-state index in [-0.39, 0.29) is 26.6 Å². The summed E-state index contributed by atoms with van der Waals surface area (Å²) in [7, 11) is -10.6. The molecule has 0 aromatic heterocycles. The number of hydrogen-bond acceptors (Lipinski definition) is 7. The average Bonchev–Trinajstić information content (AvgIpc) is 2.72. The summed E-state index contributed by atoms with van der Waals surface area (Å²) in [5, 5.41) is 0. The molecule has 2 N–H and O–H groups in total. The van der Waals surface area contributed by atoms with Crippen LogP contribution in [-0.4, -0.2) is 28.4 Å². The van der Waals surface area contributed by atoms with E-state index in [0.29, 0.717) is 0 Å². The first-order chi connectivity index (χ1) is 14.9. The van der Waals surface area contributed by atoms with Crippen LogP contribution in [0.4, 0.5) is 24.8 Å². The van der Waals surface area contributed by atoms with Crippen LogP contribution in [0, 0.1) is 0 Å². The standard InChI is InChI=1S/C20H12F2N2O6S2/c21-31(27,28)12-7-5-11(6-8-12)24(32(22,29)30)16-10-9-15-17(18(16)23)20(26)14-4-2-1-3-13(14)19(15)25/h1-10H,23H2. The molecule has 0 fully saturated rings. The van der Waals surface area contributed by atoms with Gasteiger partial charge >= 0.3 is 20.6 Å². The van der Waals surface area contributed by atoms with Crippen LogP contribution < -0.4 is 10.0 Å². The molecule has 0 aliphatic heterocycles. The number of nitrogen functional groups attached to an aromatic ring is 1. The molecule has 4 rings (SSSR count). The summed E-state index contributed by atoms with van der Waals surface area (Å²) >= 11 is 0. The Morgan fingerprint density at radius 1 is 0.719 bits per heavy atom. The van der Waals surface area contributed by atoms with Gasteiger partial charge in [-0.05, 0) is 36.4 Å². The molecule has 3 aromatic rings. The lowest BCUT2D eigenvalue weighted by Gasteiger charge is -2.25. The number of anilines is 3. The summed E-state index contributed by atoms with van der Waals surface area (Å²) < 4.78 is 73.4. The van der Waals surface area contributed by atoms with Gasteiger partial charge in [-0.2, -0.15) is 16.8 Å². The van der Waals surface area contributed by atoms with Crippen molar-refractivity contribution in [3.05, 3.63) is 82.9 Å². The summed E-state index contributed by atoms with van der Waals surface area (Å²) in [6.45, 7) is 0. The minimum atomic E-state index is -5.55. The molecule has 12 heteroatoms. The van der Waals surface area contributed by atoms with Gasteiger partial charge in [0.1, 0.15) is 0 Å². The molecule has 1 aliphatic carbocycles. The number of nitrogens with zero attached hydrogens (tertiary/aromatic N) is 1. The van der Waals surface area contributed by atoms with E-state index in [2.05, 4.69) is 0 Å². The highest BCUT2D eigenvalue weighted by molar-refractivity contribution is 7.88. The molecule has 0 bridgehead atoms. The fourth-order valence-electron chi connectivity index (χ4n) is 3.50. The number of ketones is 2. The predicted octanol–water partition coefficient (Wildman–Crippen LogP) is 3.05. The van der Waals surface area contributed by atoms with Crippen LogP contribution in [0.1, 0.15) is 31.8 Å². The van der Waals surface area contributed by atoms with E-state index in [1.54, 1.807) is 6.07 Å². The third-order valence-electron chi connectivity index (χ3n) is 4.90. The Labute approximate surface area is 181 Å². The van der Waals surface area contributed by atoms with Gasteiger partial charge in [-0.3, -0.25) is 9.59 Å². The largest absolute Gasteiger partial charge is 0.403 e. The van der Waals surface area contributed by atoms with Crippen molar-refractivity contribution < 1.29 is 34.2 Å². The molecular formula is C20H12F2N2O6S2. The summed E-state index contributed by atoms with van der Waals surface area (Å²) in [6.07, 6.45) is 0. The Bertz CT molecular complexity index is 1520. The first-order valence-electron chi connectivity index (χ1n) is 8.82. The predicted molar refractivity (Wildman–Crippen MR) is 111 cm³/mol. The number of carbonyl (C=O) groups excluding carboxylic acids is 2. The van der Waals surface area contributed by atoms with Gasteiger partial charge in [0.15, 0.2) is 11.6 Å². The van der Waals surface area contributed by atoms with Gasteiger partial charge < -0.3 is 5.73 Å². The maximum absolute atomic E-state index is 14.3. The van der Waals surface area contributed by atoms with Crippen LogP contribution in [0.15, 0.2) is 65.6 Å². The number of benzene rings is 3. The van der Waals surface area contributed by atoms with Crippen LogP contribution in [0.3, 0.4) is 0 Å². The van der Waals surface area contributed by atoms with Crippen LogP contribution in [0.2, 0.25) is 0 Å². The number of carbonyl (C=O) groups is 2. The lowest BCUT2D eigenvalue weighted by Crippen LogP contribution is -2.27. The van der Waals surface area contributed by atoms with Gasteiger partial charge in [0, 0.05) is 16.7 Å². The number of hydrogen-bond donors (Lipinski definition) is 1. The third-order valence-corrected chi connectivity index (χ3v) is 6.58. The zero-order chi connectivity index (χ0) is 23.4. The van der Waals surface area contributed by atoms with Crippen LogP contribution in [0.25, 0.3) is 0 Å². The lowest BCUT2D eigenvalue weighted by molar-refractivity contribution is 0.0980. The maximum Gasteiger partial charge on any atom is 0.403 e. The van der Waals surface area contributed by atoms with E-state index in [0.717, 1.165) is 36.4 Å². The molecule has 0 amide bonds. The number of fused-ring (bicyclic) bond motifs is 2. The lowest BCUT2D eigenvalue weighted by atomic mass is 9.83. The minimum absolute atomic E-state index is 0.0565. The topological polar surface area (TPSA) is 132 Å². The molecule has 0 heterocycles. The van der Waals surface area contributed by atoms with Crippen molar-refractivity contribution in [3.8, 4) is 0 Å². The quantitative estimate of drug-likeness (QED) is 0.352. The van der Waals surface area contributed by atoms with Crippen LogP contribution in [0.5, 0.6) is 0 Å². The molecule has 0 atom stereocenters. The van der Waals surface area contributed by atoms with E-state index in [1.165, 1.54) is 18.2 Å². The zero-order valence-electron chi connectivity index (χ0n) is 15.8. The second-order valence-corrected chi connectivity index (χ2v) is 9.30. The molecule has 3 aromatic carbocycles. The Balaban J connectivity index is 1.92. The number of rotatable bonds is 4. The van der Waals surface area contributed by atoms with Crippen molar-refractivity contribution in [1.29, 1.82) is 0 Å². The van der Waals surface area contributed by atoms with Crippen molar-refractivity contribution in [3.63, 3.8) is 0 Å². The van der Waals surface area contributed by atoms with Gasteiger partial charge in [0.2, 0.25) is 0 Å². The second-order valence-electron chi connectivity index (χ2n) is 6.76. The highest BCUT2D eigenvalue weighted by Crippen LogP contribution is 2.40. The maximum atomic E-state index is 14.3.